The fourth-order valence-corrected chi connectivity index (χ4v) is 4.20. The van der Waals surface area contributed by atoms with Crippen molar-refractivity contribution in [1.29, 1.82) is 0 Å². The Labute approximate surface area is 141 Å². The van der Waals surface area contributed by atoms with Gasteiger partial charge in [-0.2, -0.15) is 4.31 Å². The van der Waals surface area contributed by atoms with Crippen molar-refractivity contribution in [3.05, 3.63) is 35.6 Å². The first-order valence-electron chi connectivity index (χ1n) is 8.07. The van der Waals surface area contributed by atoms with E-state index < -0.39 is 10.0 Å². The van der Waals surface area contributed by atoms with E-state index in [1.807, 2.05) is 0 Å². The molecule has 2 heterocycles. The molecular weight excluding hydrogens is 333 g/mol. The molecule has 0 radical (unpaired) electrons. The van der Waals surface area contributed by atoms with E-state index in [1.54, 1.807) is 17.0 Å². The van der Waals surface area contributed by atoms with Crippen LogP contribution in [-0.4, -0.2) is 68.6 Å². The number of carbonyl (C=O) groups excluding carboxylic acids is 1. The molecule has 24 heavy (non-hydrogen) atoms. The highest BCUT2D eigenvalue weighted by Crippen LogP contribution is 2.27. The highest BCUT2D eigenvalue weighted by Gasteiger charge is 2.35. The van der Waals surface area contributed by atoms with Gasteiger partial charge in [-0.15, -0.1) is 0 Å². The minimum absolute atomic E-state index is 0.0211. The molecule has 1 amide bonds. The van der Waals surface area contributed by atoms with Crippen molar-refractivity contribution in [2.45, 2.75) is 18.4 Å². The Balaban J connectivity index is 1.56. The first-order valence-corrected chi connectivity index (χ1v) is 9.92. The Morgan fingerprint density at radius 3 is 2.38 bits per heavy atom. The molecule has 1 aromatic carbocycles. The lowest BCUT2D eigenvalue weighted by Crippen LogP contribution is -2.53. The molecule has 0 aliphatic carbocycles. The summed E-state index contributed by atoms with van der Waals surface area (Å²) in [5.41, 5.74) is 1.03. The summed E-state index contributed by atoms with van der Waals surface area (Å²) in [4.78, 5) is 14.4. The number of sulfonamides is 1. The van der Waals surface area contributed by atoms with Crippen LogP contribution < -0.4 is 5.32 Å². The predicted octanol–water partition coefficient (Wildman–Crippen LogP) is 0.375. The number of halogens is 1. The molecule has 1 aromatic rings. The van der Waals surface area contributed by atoms with Crippen LogP contribution in [0.2, 0.25) is 0 Å². The number of hydrogen-bond acceptors (Lipinski definition) is 4. The molecule has 0 spiro atoms. The van der Waals surface area contributed by atoms with Gasteiger partial charge in [-0.1, -0.05) is 12.1 Å². The van der Waals surface area contributed by atoms with Crippen LogP contribution in [0.1, 0.15) is 17.9 Å². The number of piperazine rings is 1. The van der Waals surface area contributed by atoms with Gasteiger partial charge in [-0.25, -0.2) is 12.8 Å². The minimum atomic E-state index is -3.19. The third-order valence-corrected chi connectivity index (χ3v) is 6.09. The third kappa shape index (κ3) is 3.76. The summed E-state index contributed by atoms with van der Waals surface area (Å²) in [6.45, 7) is 2.22. The Morgan fingerprint density at radius 2 is 1.79 bits per heavy atom. The maximum atomic E-state index is 13.0. The van der Waals surface area contributed by atoms with Gasteiger partial charge in [-0.3, -0.25) is 4.79 Å². The predicted molar refractivity (Wildman–Crippen MR) is 88.5 cm³/mol. The van der Waals surface area contributed by atoms with Gasteiger partial charge < -0.3 is 10.2 Å². The first-order chi connectivity index (χ1) is 11.3. The molecule has 8 heteroatoms. The van der Waals surface area contributed by atoms with Crippen LogP contribution in [0.15, 0.2) is 24.3 Å². The number of carbonyl (C=O) groups is 1. The minimum Gasteiger partial charge on any atom is -0.339 e. The molecule has 2 aliphatic rings. The maximum absolute atomic E-state index is 13.0. The maximum Gasteiger partial charge on any atom is 0.239 e. The van der Waals surface area contributed by atoms with Crippen molar-refractivity contribution in [2.24, 2.45) is 0 Å². The molecule has 2 saturated heterocycles. The summed E-state index contributed by atoms with van der Waals surface area (Å²) in [7, 11) is -3.19. The average molecular weight is 355 g/mol. The Hall–Kier alpha value is -1.51. The van der Waals surface area contributed by atoms with Gasteiger partial charge in [-0.05, 0) is 30.0 Å². The summed E-state index contributed by atoms with van der Waals surface area (Å²) < 4.78 is 37.5. The van der Waals surface area contributed by atoms with Crippen LogP contribution in [0.4, 0.5) is 4.39 Å². The summed E-state index contributed by atoms with van der Waals surface area (Å²) in [6.07, 6.45) is 1.87. The van der Waals surface area contributed by atoms with E-state index in [2.05, 4.69) is 5.32 Å². The van der Waals surface area contributed by atoms with Gasteiger partial charge in [0.2, 0.25) is 15.9 Å². The molecule has 2 aliphatic heterocycles. The van der Waals surface area contributed by atoms with Crippen molar-refractivity contribution in [3.8, 4) is 0 Å². The zero-order valence-corrected chi connectivity index (χ0v) is 14.4. The van der Waals surface area contributed by atoms with Gasteiger partial charge in [0.05, 0.1) is 12.3 Å². The number of benzene rings is 1. The molecule has 1 N–H and O–H groups in total. The fraction of sp³-hybridized carbons (Fsp3) is 0.562. The van der Waals surface area contributed by atoms with Gasteiger partial charge >= 0.3 is 0 Å². The Morgan fingerprint density at radius 1 is 1.17 bits per heavy atom. The summed E-state index contributed by atoms with van der Waals surface area (Å²) >= 11 is 0. The van der Waals surface area contributed by atoms with Crippen molar-refractivity contribution in [3.63, 3.8) is 0 Å². The SMILES string of the molecule is CS(=O)(=O)N1CCN(C(=O)C2CC(c3ccc(F)cc3)CN2)CC1. The fourth-order valence-electron chi connectivity index (χ4n) is 3.37. The van der Waals surface area contributed by atoms with E-state index >= 15 is 0 Å². The molecule has 6 nitrogen and oxygen atoms in total. The Kier molecular flexibility index (Phi) is 4.89. The van der Waals surface area contributed by atoms with Crippen LogP contribution in [0.3, 0.4) is 0 Å². The smallest absolute Gasteiger partial charge is 0.239 e. The highest BCUT2D eigenvalue weighted by atomic mass is 32.2. The molecular formula is C16H22FN3O3S. The van der Waals surface area contributed by atoms with Gasteiger partial charge in [0.15, 0.2) is 0 Å². The number of nitrogens with zero attached hydrogens (tertiary/aromatic N) is 2. The number of hydrogen-bond donors (Lipinski definition) is 1. The molecule has 0 aromatic heterocycles. The lowest BCUT2D eigenvalue weighted by Gasteiger charge is -2.34. The molecule has 0 saturated carbocycles. The summed E-state index contributed by atoms with van der Waals surface area (Å²) in [5.74, 6) is -0.0503. The topological polar surface area (TPSA) is 69.7 Å². The van der Waals surface area contributed by atoms with Crippen LogP contribution >= 0.6 is 0 Å². The second-order valence-corrected chi connectivity index (χ2v) is 8.41. The van der Waals surface area contributed by atoms with Gasteiger partial charge in [0, 0.05) is 32.7 Å². The zero-order chi connectivity index (χ0) is 17.3. The monoisotopic (exact) mass is 355 g/mol. The van der Waals surface area contributed by atoms with Crippen molar-refractivity contribution in [2.75, 3.05) is 39.0 Å². The van der Waals surface area contributed by atoms with Crippen LogP contribution in [0.25, 0.3) is 0 Å². The molecule has 132 valence electrons. The first kappa shape index (κ1) is 17.3. The number of nitrogens with one attached hydrogen (secondary N) is 1. The molecule has 2 atom stereocenters. The van der Waals surface area contributed by atoms with Gasteiger partial charge in [0.1, 0.15) is 5.82 Å². The van der Waals surface area contributed by atoms with Gasteiger partial charge in [0.25, 0.3) is 0 Å². The van der Waals surface area contributed by atoms with Crippen LogP contribution in [0.5, 0.6) is 0 Å². The van der Waals surface area contributed by atoms with E-state index in [0.717, 1.165) is 5.56 Å². The second-order valence-electron chi connectivity index (χ2n) is 6.43. The van der Waals surface area contributed by atoms with Crippen molar-refractivity contribution in [1.82, 2.24) is 14.5 Å². The van der Waals surface area contributed by atoms with Crippen LogP contribution in [0, 0.1) is 5.82 Å². The molecule has 0 bridgehead atoms. The number of rotatable bonds is 3. The molecule has 3 rings (SSSR count). The largest absolute Gasteiger partial charge is 0.339 e. The highest BCUT2D eigenvalue weighted by molar-refractivity contribution is 7.88. The van der Waals surface area contributed by atoms with E-state index in [0.29, 0.717) is 39.1 Å². The zero-order valence-electron chi connectivity index (χ0n) is 13.6. The van der Waals surface area contributed by atoms with E-state index in [9.17, 15) is 17.6 Å². The summed E-state index contributed by atoms with van der Waals surface area (Å²) in [6, 6.07) is 6.15. The van der Waals surface area contributed by atoms with E-state index in [-0.39, 0.29) is 23.7 Å². The number of amides is 1. The van der Waals surface area contributed by atoms with E-state index in [4.69, 9.17) is 0 Å². The molecule has 2 unspecified atom stereocenters. The lowest BCUT2D eigenvalue weighted by atomic mass is 9.96. The molecule has 2 fully saturated rings. The average Bonchev–Trinajstić information content (AvgIpc) is 3.04. The Bertz CT molecular complexity index is 700. The van der Waals surface area contributed by atoms with E-state index in [1.165, 1.54) is 22.7 Å². The van der Waals surface area contributed by atoms with Crippen molar-refractivity contribution >= 4 is 15.9 Å². The summed E-state index contributed by atoms with van der Waals surface area (Å²) in [5, 5.41) is 3.24. The van der Waals surface area contributed by atoms with Crippen LogP contribution in [-0.2, 0) is 14.8 Å². The van der Waals surface area contributed by atoms with Crippen molar-refractivity contribution < 1.29 is 17.6 Å². The third-order valence-electron chi connectivity index (χ3n) is 4.79. The second kappa shape index (κ2) is 6.78. The lowest BCUT2D eigenvalue weighted by molar-refractivity contribution is -0.134. The quantitative estimate of drug-likeness (QED) is 0.851. The standard InChI is InChI=1S/C16H22FN3O3S/c1-24(22,23)20-8-6-19(7-9-20)16(21)15-10-13(11-18-15)12-2-4-14(17)5-3-12/h2-5,13,15,18H,6-11H2,1H3. The normalized spacial score (nSPS) is 25.8.